The molecule has 0 bridgehead atoms. The van der Waals surface area contributed by atoms with Crippen LogP contribution in [-0.4, -0.2) is 23.6 Å². The molecule has 1 nitrogen and oxygen atoms in total. The zero-order chi connectivity index (χ0) is 9.40. The summed E-state index contributed by atoms with van der Waals surface area (Å²) in [5.41, 5.74) is 0. The number of hydrogen-bond acceptors (Lipinski definition) is 2. The molecule has 0 aromatic carbocycles. The molecule has 0 saturated heterocycles. The van der Waals surface area contributed by atoms with Gasteiger partial charge in [0.05, 0.1) is 0 Å². The first kappa shape index (κ1) is 12.3. The lowest BCUT2D eigenvalue weighted by Gasteiger charge is -2.14. The summed E-state index contributed by atoms with van der Waals surface area (Å²) in [6.07, 6.45) is 2.51. The van der Waals surface area contributed by atoms with E-state index in [1.165, 1.54) is 18.6 Å². The van der Waals surface area contributed by atoms with Gasteiger partial charge in [0.15, 0.2) is 0 Å². The van der Waals surface area contributed by atoms with Gasteiger partial charge < -0.3 is 5.32 Å². The molecule has 74 valence electrons. The van der Waals surface area contributed by atoms with E-state index in [1.807, 2.05) is 11.8 Å². The molecule has 0 aliphatic rings. The number of thioether (sulfide) groups is 1. The van der Waals surface area contributed by atoms with E-state index in [-0.39, 0.29) is 0 Å². The molecule has 0 unspecified atom stereocenters. The molecule has 0 aliphatic heterocycles. The fourth-order valence-corrected chi connectivity index (χ4v) is 1.84. The second kappa shape index (κ2) is 7.93. The van der Waals surface area contributed by atoms with Gasteiger partial charge in [-0.05, 0) is 18.1 Å². The molecular weight excluding hydrogens is 166 g/mol. The van der Waals surface area contributed by atoms with Crippen molar-refractivity contribution in [3.8, 4) is 0 Å². The third-order valence-corrected chi connectivity index (χ3v) is 3.08. The van der Waals surface area contributed by atoms with Gasteiger partial charge in [0, 0.05) is 18.3 Å². The summed E-state index contributed by atoms with van der Waals surface area (Å²) in [5.74, 6) is 1.24. The van der Waals surface area contributed by atoms with Crippen LogP contribution in [0.4, 0.5) is 0 Å². The van der Waals surface area contributed by atoms with Crippen molar-refractivity contribution in [1.82, 2.24) is 5.32 Å². The predicted molar refractivity (Wildman–Crippen MR) is 60.0 cm³/mol. The number of nitrogens with one attached hydrogen (secondary N) is 1. The fourth-order valence-electron chi connectivity index (χ4n) is 1.14. The Labute approximate surface area is 81.7 Å². The minimum Gasteiger partial charge on any atom is -0.313 e. The SMILES string of the molecule is CCC(CC)NCCSC(C)C. The highest BCUT2D eigenvalue weighted by Gasteiger charge is 2.01. The Hall–Kier alpha value is 0.310. The number of rotatable bonds is 7. The maximum absolute atomic E-state index is 3.55. The highest BCUT2D eigenvalue weighted by Crippen LogP contribution is 2.07. The van der Waals surface area contributed by atoms with Gasteiger partial charge in [-0.15, -0.1) is 0 Å². The maximum Gasteiger partial charge on any atom is 0.00621 e. The van der Waals surface area contributed by atoms with E-state index in [0.29, 0.717) is 0 Å². The van der Waals surface area contributed by atoms with Crippen LogP contribution in [0.5, 0.6) is 0 Å². The average molecular weight is 189 g/mol. The largest absolute Gasteiger partial charge is 0.313 e. The van der Waals surface area contributed by atoms with Gasteiger partial charge in [-0.3, -0.25) is 0 Å². The molecular formula is C10H23NS. The van der Waals surface area contributed by atoms with Gasteiger partial charge >= 0.3 is 0 Å². The van der Waals surface area contributed by atoms with E-state index in [9.17, 15) is 0 Å². The van der Waals surface area contributed by atoms with Gasteiger partial charge in [-0.2, -0.15) is 11.8 Å². The molecule has 0 spiro atoms. The standard InChI is InChI=1S/C10H23NS/c1-5-10(6-2)11-7-8-12-9(3)4/h9-11H,5-8H2,1-4H3. The van der Waals surface area contributed by atoms with Crippen LogP contribution in [0, 0.1) is 0 Å². The summed E-state index contributed by atoms with van der Waals surface area (Å²) in [7, 11) is 0. The lowest BCUT2D eigenvalue weighted by Crippen LogP contribution is -2.29. The summed E-state index contributed by atoms with van der Waals surface area (Å²) in [6.45, 7) is 10.2. The molecule has 0 fully saturated rings. The van der Waals surface area contributed by atoms with Crippen LogP contribution >= 0.6 is 11.8 Å². The second-order valence-electron chi connectivity index (χ2n) is 3.39. The molecule has 0 rings (SSSR count). The van der Waals surface area contributed by atoms with Gasteiger partial charge in [-0.1, -0.05) is 27.7 Å². The third kappa shape index (κ3) is 6.99. The van der Waals surface area contributed by atoms with E-state index in [2.05, 4.69) is 33.0 Å². The zero-order valence-corrected chi connectivity index (χ0v) is 9.71. The van der Waals surface area contributed by atoms with Crippen molar-refractivity contribution in [3.05, 3.63) is 0 Å². The Morgan fingerprint density at radius 3 is 2.17 bits per heavy atom. The number of hydrogen-bond donors (Lipinski definition) is 1. The molecule has 0 radical (unpaired) electrons. The first-order valence-corrected chi connectivity index (χ1v) is 6.10. The minimum absolute atomic E-state index is 0.734. The van der Waals surface area contributed by atoms with Crippen molar-refractivity contribution < 1.29 is 0 Å². The Kier molecular flexibility index (Phi) is 8.14. The van der Waals surface area contributed by atoms with Gasteiger partial charge in [0.25, 0.3) is 0 Å². The molecule has 0 saturated carbocycles. The molecule has 0 aliphatic carbocycles. The lowest BCUT2D eigenvalue weighted by atomic mass is 10.2. The minimum atomic E-state index is 0.734. The van der Waals surface area contributed by atoms with Crippen LogP contribution in [0.25, 0.3) is 0 Å². The molecule has 1 N–H and O–H groups in total. The average Bonchev–Trinajstić information content (AvgIpc) is 2.04. The van der Waals surface area contributed by atoms with Gasteiger partial charge in [0.1, 0.15) is 0 Å². The van der Waals surface area contributed by atoms with E-state index in [4.69, 9.17) is 0 Å². The Morgan fingerprint density at radius 2 is 1.75 bits per heavy atom. The molecule has 2 heteroatoms. The van der Waals surface area contributed by atoms with Gasteiger partial charge in [0.2, 0.25) is 0 Å². The van der Waals surface area contributed by atoms with Crippen LogP contribution in [-0.2, 0) is 0 Å². The normalized spacial score (nSPS) is 11.5. The second-order valence-corrected chi connectivity index (χ2v) is 5.07. The van der Waals surface area contributed by atoms with Crippen molar-refractivity contribution in [2.75, 3.05) is 12.3 Å². The predicted octanol–water partition coefficient (Wildman–Crippen LogP) is 2.91. The van der Waals surface area contributed by atoms with Crippen LogP contribution in [0.1, 0.15) is 40.5 Å². The Balaban J connectivity index is 3.17. The summed E-state index contributed by atoms with van der Waals surface area (Å²) in [4.78, 5) is 0. The van der Waals surface area contributed by atoms with Crippen molar-refractivity contribution in [1.29, 1.82) is 0 Å². The van der Waals surface area contributed by atoms with Crippen molar-refractivity contribution >= 4 is 11.8 Å². The maximum atomic E-state index is 3.55. The van der Waals surface area contributed by atoms with Crippen LogP contribution < -0.4 is 5.32 Å². The van der Waals surface area contributed by atoms with Gasteiger partial charge in [-0.25, -0.2) is 0 Å². The molecule has 0 aromatic rings. The van der Waals surface area contributed by atoms with Crippen molar-refractivity contribution in [2.45, 2.75) is 51.8 Å². The summed E-state index contributed by atoms with van der Waals surface area (Å²) in [5, 5.41) is 4.33. The first-order chi connectivity index (χ1) is 5.70. The van der Waals surface area contributed by atoms with Crippen molar-refractivity contribution in [3.63, 3.8) is 0 Å². The quantitative estimate of drug-likeness (QED) is 0.618. The van der Waals surface area contributed by atoms with E-state index in [1.54, 1.807) is 0 Å². The Bertz CT molecular complexity index is 89.8. The lowest BCUT2D eigenvalue weighted by molar-refractivity contribution is 0.501. The topological polar surface area (TPSA) is 12.0 Å². The monoisotopic (exact) mass is 189 g/mol. The van der Waals surface area contributed by atoms with E-state index < -0.39 is 0 Å². The molecule has 0 atom stereocenters. The van der Waals surface area contributed by atoms with Crippen LogP contribution in [0.3, 0.4) is 0 Å². The molecule has 0 aromatic heterocycles. The summed E-state index contributed by atoms with van der Waals surface area (Å²) < 4.78 is 0. The van der Waals surface area contributed by atoms with Crippen molar-refractivity contribution in [2.24, 2.45) is 0 Å². The highest BCUT2D eigenvalue weighted by molar-refractivity contribution is 7.99. The van der Waals surface area contributed by atoms with Crippen LogP contribution in [0.15, 0.2) is 0 Å². The molecule has 0 amide bonds. The molecule has 12 heavy (non-hydrogen) atoms. The first-order valence-electron chi connectivity index (χ1n) is 5.05. The molecule has 0 heterocycles. The van der Waals surface area contributed by atoms with Crippen LogP contribution in [0.2, 0.25) is 0 Å². The third-order valence-electron chi connectivity index (χ3n) is 1.97. The zero-order valence-electron chi connectivity index (χ0n) is 8.89. The summed E-state index contributed by atoms with van der Waals surface area (Å²) >= 11 is 2.03. The highest BCUT2D eigenvalue weighted by atomic mass is 32.2. The van der Waals surface area contributed by atoms with E-state index in [0.717, 1.165) is 17.8 Å². The summed E-state index contributed by atoms with van der Waals surface area (Å²) in [6, 6.07) is 0.734. The fraction of sp³-hybridized carbons (Fsp3) is 1.00. The van der Waals surface area contributed by atoms with E-state index >= 15 is 0 Å². The Morgan fingerprint density at radius 1 is 1.17 bits per heavy atom. The smallest absolute Gasteiger partial charge is 0.00621 e.